The van der Waals surface area contributed by atoms with Gasteiger partial charge in [-0.15, -0.1) is 0 Å². The predicted octanol–water partition coefficient (Wildman–Crippen LogP) is 0.510. The van der Waals surface area contributed by atoms with Crippen LogP contribution in [0, 0.1) is 0 Å². The molecule has 0 radical (unpaired) electrons. The lowest BCUT2D eigenvalue weighted by atomic mass is 10.1. The molecule has 7 nitrogen and oxygen atoms in total. The molecular weight excluding hydrogens is 322 g/mol. The summed E-state index contributed by atoms with van der Waals surface area (Å²) < 4.78 is 5.49. The summed E-state index contributed by atoms with van der Waals surface area (Å²) in [7, 11) is 0. The standard InChI is InChI=1S/C18H23N3O4/c22-13-20-6-8-21(9-7-20)18(24)15-4-1-3-14(11-15)17(23)19-12-16-5-2-10-25-16/h1,3-4,11,13,16H,2,5-10,12H2,(H,19,23). The molecule has 7 heteroatoms. The Labute approximate surface area is 146 Å². The van der Waals surface area contributed by atoms with Crippen LogP contribution in [-0.2, 0) is 9.53 Å². The van der Waals surface area contributed by atoms with E-state index in [9.17, 15) is 14.4 Å². The van der Waals surface area contributed by atoms with Crippen LogP contribution in [0.25, 0.3) is 0 Å². The molecule has 2 aliphatic rings. The van der Waals surface area contributed by atoms with Crippen molar-refractivity contribution in [1.29, 1.82) is 0 Å². The minimum Gasteiger partial charge on any atom is -0.376 e. The summed E-state index contributed by atoms with van der Waals surface area (Å²) in [5, 5.41) is 2.87. The van der Waals surface area contributed by atoms with Crippen molar-refractivity contribution in [2.45, 2.75) is 18.9 Å². The van der Waals surface area contributed by atoms with E-state index in [0.29, 0.717) is 43.9 Å². The van der Waals surface area contributed by atoms with E-state index in [-0.39, 0.29) is 17.9 Å². The average molecular weight is 345 g/mol. The number of nitrogens with one attached hydrogen (secondary N) is 1. The summed E-state index contributed by atoms with van der Waals surface area (Å²) in [6.07, 6.45) is 2.89. The molecular formula is C18H23N3O4. The summed E-state index contributed by atoms with van der Waals surface area (Å²) in [5.41, 5.74) is 0.958. The molecule has 1 aromatic rings. The molecule has 1 unspecified atom stereocenters. The molecule has 2 aliphatic heterocycles. The maximum atomic E-state index is 12.6. The molecule has 0 saturated carbocycles. The van der Waals surface area contributed by atoms with Gasteiger partial charge >= 0.3 is 0 Å². The number of amides is 3. The number of hydrogen-bond donors (Lipinski definition) is 1. The quantitative estimate of drug-likeness (QED) is 0.789. The molecule has 1 N–H and O–H groups in total. The van der Waals surface area contributed by atoms with Crippen LogP contribution >= 0.6 is 0 Å². The lowest BCUT2D eigenvalue weighted by molar-refractivity contribution is -0.119. The van der Waals surface area contributed by atoms with Crippen LogP contribution in [0.15, 0.2) is 24.3 Å². The van der Waals surface area contributed by atoms with E-state index >= 15 is 0 Å². The van der Waals surface area contributed by atoms with Crippen molar-refractivity contribution in [3.8, 4) is 0 Å². The Balaban J connectivity index is 1.59. The second-order valence-corrected chi connectivity index (χ2v) is 6.36. The van der Waals surface area contributed by atoms with E-state index in [1.807, 2.05) is 0 Å². The number of rotatable bonds is 5. The van der Waals surface area contributed by atoms with Crippen molar-refractivity contribution < 1.29 is 19.1 Å². The second-order valence-electron chi connectivity index (χ2n) is 6.36. The van der Waals surface area contributed by atoms with Crippen LogP contribution in [-0.4, -0.2) is 73.5 Å². The first-order chi connectivity index (χ1) is 12.2. The Hall–Kier alpha value is -2.41. The molecule has 134 valence electrons. The molecule has 0 aromatic heterocycles. The van der Waals surface area contributed by atoms with Crippen LogP contribution in [0.3, 0.4) is 0 Å². The third-order valence-electron chi connectivity index (χ3n) is 4.64. The van der Waals surface area contributed by atoms with Gasteiger partial charge in [-0.3, -0.25) is 14.4 Å². The Kier molecular flexibility index (Phi) is 5.65. The highest BCUT2D eigenvalue weighted by atomic mass is 16.5. The highest BCUT2D eigenvalue weighted by Gasteiger charge is 2.22. The monoisotopic (exact) mass is 345 g/mol. The molecule has 3 amide bonds. The number of ether oxygens (including phenoxy) is 1. The molecule has 0 spiro atoms. The van der Waals surface area contributed by atoms with Crippen LogP contribution < -0.4 is 5.32 Å². The Morgan fingerprint density at radius 2 is 1.96 bits per heavy atom. The number of benzene rings is 1. The van der Waals surface area contributed by atoms with E-state index in [2.05, 4.69) is 5.32 Å². The second kappa shape index (κ2) is 8.11. The predicted molar refractivity (Wildman–Crippen MR) is 91.3 cm³/mol. The highest BCUT2D eigenvalue weighted by molar-refractivity contribution is 5.99. The van der Waals surface area contributed by atoms with Gasteiger partial charge < -0.3 is 19.9 Å². The molecule has 2 saturated heterocycles. The Morgan fingerprint density at radius 1 is 1.20 bits per heavy atom. The largest absolute Gasteiger partial charge is 0.376 e. The first kappa shape index (κ1) is 17.4. The van der Waals surface area contributed by atoms with Crippen LogP contribution in [0.1, 0.15) is 33.6 Å². The van der Waals surface area contributed by atoms with Gasteiger partial charge in [0, 0.05) is 50.5 Å². The van der Waals surface area contributed by atoms with Crippen LogP contribution in [0.2, 0.25) is 0 Å². The number of carbonyl (C=O) groups excluding carboxylic acids is 3. The van der Waals surface area contributed by atoms with Gasteiger partial charge in [-0.2, -0.15) is 0 Å². The van der Waals surface area contributed by atoms with Gasteiger partial charge in [-0.05, 0) is 31.0 Å². The third-order valence-corrected chi connectivity index (χ3v) is 4.64. The summed E-state index contributed by atoms with van der Waals surface area (Å²) in [5.74, 6) is -0.310. The van der Waals surface area contributed by atoms with Crippen molar-refractivity contribution in [2.75, 3.05) is 39.3 Å². The SMILES string of the molecule is O=CN1CCN(C(=O)c2cccc(C(=O)NCC3CCCO3)c2)CC1. The van der Waals surface area contributed by atoms with E-state index in [4.69, 9.17) is 4.74 Å². The van der Waals surface area contributed by atoms with Gasteiger partial charge in [-0.25, -0.2) is 0 Å². The van der Waals surface area contributed by atoms with Crippen molar-refractivity contribution in [3.63, 3.8) is 0 Å². The zero-order valence-corrected chi connectivity index (χ0v) is 14.1. The van der Waals surface area contributed by atoms with Crippen molar-refractivity contribution in [2.24, 2.45) is 0 Å². The fourth-order valence-corrected chi connectivity index (χ4v) is 3.12. The molecule has 2 fully saturated rings. The fraction of sp³-hybridized carbons (Fsp3) is 0.500. The van der Waals surface area contributed by atoms with E-state index in [0.717, 1.165) is 25.9 Å². The van der Waals surface area contributed by atoms with Gasteiger partial charge in [0.1, 0.15) is 0 Å². The topological polar surface area (TPSA) is 79.0 Å². The molecule has 25 heavy (non-hydrogen) atoms. The maximum Gasteiger partial charge on any atom is 0.253 e. The molecule has 2 heterocycles. The summed E-state index contributed by atoms with van der Waals surface area (Å²) in [6, 6.07) is 6.76. The minimum atomic E-state index is -0.198. The van der Waals surface area contributed by atoms with Gasteiger partial charge in [0.15, 0.2) is 0 Å². The highest BCUT2D eigenvalue weighted by Crippen LogP contribution is 2.13. The molecule has 1 atom stereocenters. The van der Waals surface area contributed by atoms with Crippen molar-refractivity contribution in [3.05, 3.63) is 35.4 Å². The molecule has 0 aliphatic carbocycles. The summed E-state index contributed by atoms with van der Waals surface area (Å²) in [6.45, 7) is 3.33. The fourth-order valence-electron chi connectivity index (χ4n) is 3.12. The van der Waals surface area contributed by atoms with E-state index < -0.39 is 0 Å². The van der Waals surface area contributed by atoms with Crippen LogP contribution in [0.5, 0.6) is 0 Å². The van der Waals surface area contributed by atoms with E-state index in [1.54, 1.807) is 34.1 Å². The number of piperazine rings is 1. The van der Waals surface area contributed by atoms with Crippen molar-refractivity contribution in [1.82, 2.24) is 15.1 Å². The van der Waals surface area contributed by atoms with Gasteiger partial charge in [0.2, 0.25) is 6.41 Å². The number of carbonyl (C=O) groups is 3. The smallest absolute Gasteiger partial charge is 0.253 e. The summed E-state index contributed by atoms with van der Waals surface area (Å²) in [4.78, 5) is 39.0. The van der Waals surface area contributed by atoms with Gasteiger partial charge in [-0.1, -0.05) is 6.07 Å². The molecule has 0 bridgehead atoms. The van der Waals surface area contributed by atoms with Gasteiger partial charge in [0.25, 0.3) is 11.8 Å². The first-order valence-electron chi connectivity index (χ1n) is 8.66. The van der Waals surface area contributed by atoms with E-state index in [1.165, 1.54) is 0 Å². The lowest BCUT2D eigenvalue weighted by Gasteiger charge is -2.32. The van der Waals surface area contributed by atoms with Crippen molar-refractivity contribution >= 4 is 18.2 Å². The average Bonchev–Trinajstić information content (AvgIpc) is 3.19. The normalized spacial score (nSPS) is 20.4. The number of hydrogen-bond acceptors (Lipinski definition) is 4. The third kappa shape index (κ3) is 4.36. The van der Waals surface area contributed by atoms with Gasteiger partial charge in [0.05, 0.1) is 6.10 Å². The minimum absolute atomic E-state index is 0.0860. The zero-order valence-electron chi connectivity index (χ0n) is 14.1. The zero-order chi connectivity index (χ0) is 17.6. The summed E-state index contributed by atoms with van der Waals surface area (Å²) >= 11 is 0. The first-order valence-corrected chi connectivity index (χ1v) is 8.66. The number of nitrogens with zero attached hydrogens (tertiary/aromatic N) is 2. The Morgan fingerprint density at radius 3 is 2.64 bits per heavy atom. The Bertz CT molecular complexity index is 635. The lowest BCUT2D eigenvalue weighted by Crippen LogP contribution is -2.48. The molecule has 3 rings (SSSR count). The maximum absolute atomic E-state index is 12.6. The molecule has 1 aromatic carbocycles. The van der Waals surface area contributed by atoms with Crippen LogP contribution in [0.4, 0.5) is 0 Å².